The van der Waals surface area contributed by atoms with Gasteiger partial charge in [-0.15, -0.1) is 0 Å². The number of benzene rings is 2. The SMILES string of the molecule is Cc1cc(C)c2cc(C(=O)N3CCC(Oc4ccc(F)cc4F)CC3)[nH]c2c1. The van der Waals surface area contributed by atoms with E-state index >= 15 is 0 Å². The molecule has 2 aromatic carbocycles. The van der Waals surface area contributed by atoms with Gasteiger partial charge in [-0.05, 0) is 49.2 Å². The first-order chi connectivity index (χ1) is 13.4. The van der Waals surface area contributed by atoms with Gasteiger partial charge in [0.15, 0.2) is 11.6 Å². The van der Waals surface area contributed by atoms with Gasteiger partial charge in [0.25, 0.3) is 5.91 Å². The molecule has 28 heavy (non-hydrogen) atoms. The highest BCUT2D eigenvalue weighted by atomic mass is 19.1. The lowest BCUT2D eigenvalue weighted by Gasteiger charge is -2.32. The number of aryl methyl sites for hydroxylation is 2. The van der Waals surface area contributed by atoms with Gasteiger partial charge in [0.2, 0.25) is 0 Å². The van der Waals surface area contributed by atoms with Crippen molar-refractivity contribution in [3.63, 3.8) is 0 Å². The summed E-state index contributed by atoms with van der Waals surface area (Å²) in [5.41, 5.74) is 3.83. The molecule has 0 radical (unpaired) electrons. The van der Waals surface area contributed by atoms with Crippen molar-refractivity contribution >= 4 is 16.8 Å². The Morgan fingerprint density at radius 1 is 1.11 bits per heavy atom. The summed E-state index contributed by atoms with van der Waals surface area (Å²) >= 11 is 0. The van der Waals surface area contributed by atoms with Crippen LogP contribution in [-0.4, -0.2) is 35.0 Å². The number of nitrogens with one attached hydrogen (secondary N) is 1. The molecule has 0 aliphatic carbocycles. The molecule has 0 bridgehead atoms. The third kappa shape index (κ3) is 3.59. The molecule has 4 nitrogen and oxygen atoms in total. The third-order valence-electron chi connectivity index (χ3n) is 5.24. The maximum atomic E-state index is 13.8. The van der Waals surface area contributed by atoms with Crippen LogP contribution in [0.1, 0.15) is 34.5 Å². The fraction of sp³-hybridized carbons (Fsp3) is 0.318. The zero-order chi connectivity index (χ0) is 19.8. The monoisotopic (exact) mass is 384 g/mol. The maximum absolute atomic E-state index is 13.8. The fourth-order valence-corrected chi connectivity index (χ4v) is 3.81. The van der Waals surface area contributed by atoms with Crippen LogP contribution in [0, 0.1) is 25.5 Å². The van der Waals surface area contributed by atoms with E-state index in [0.29, 0.717) is 31.6 Å². The predicted molar refractivity (Wildman–Crippen MR) is 104 cm³/mol. The maximum Gasteiger partial charge on any atom is 0.270 e. The molecule has 2 heterocycles. The molecule has 146 valence electrons. The van der Waals surface area contributed by atoms with Crippen LogP contribution in [0.2, 0.25) is 0 Å². The van der Waals surface area contributed by atoms with E-state index in [1.54, 1.807) is 4.90 Å². The summed E-state index contributed by atoms with van der Waals surface area (Å²) in [4.78, 5) is 17.9. The van der Waals surface area contributed by atoms with Gasteiger partial charge < -0.3 is 14.6 Å². The Morgan fingerprint density at radius 2 is 1.86 bits per heavy atom. The minimum absolute atomic E-state index is 0.0420. The first-order valence-corrected chi connectivity index (χ1v) is 9.41. The number of hydrogen-bond donors (Lipinski definition) is 1. The van der Waals surface area contributed by atoms with Crippen molar-refractivity contribution in [1.29, 1.82) is 0 Å². The summed E-state index contributed by atoms with van der Waals surface area (Å²) in [6.45, 7) is 5.12. The van der Waals surface area contributed by atoms with Crippen LogP contribution in [0.4, 0.5) is 8.78 Å². The van der Waals surface area contributed by atoms with Crippen molar-refractivity contribution in [3.05, 3.63) is 64.9 Å². The van der Waals surface area contributed by atoms with Crippen molar-refractivity contribution in [2.24, 2.45) is 0 Å². The van der Waals surface area contributed by atoms with E-state index in [-0.39, 0.29) is 17.8 Å². The molecule has 1 aliphatic rings. The van der Waals surface area contributed by atoms with Crippen LogP contribution in [0.15, 0.2) is 36.4 Å². The number of piperidine rings is 1. The summed E-state index contributed by atoms with van der Waals surface area (Å²) in [5.74, 6) is -1.33. The van der Waals surface area contributed by atoms with Gasteiger partial charge in [0, 0.05) is 42.9 Å². The highest BCUT2D eigenvalue weighted by Crippen LogP contribution is 2.25. The van der Waals surface area contributed by atoms with Crippen LogP contribution in [0.25, 0.3) is 10.9 Å². The van der Waals surface area contributed by atoms with Crippen molar-refractivity contribution in [1.82, 2.24) is 9.88 Å². The van der Waals surface area contributed by atoms with Gasteiger partial charge in [0.05, 0.1) is 0 Å². The summed E-state index contributed by atoms with van der Waals surface area (Å²) in [7, 11) is 0. The standard InChI is InChI=1S/C22H22F2N2O2/c1-13-9-14(2)17-12-20(25-19(17)10-13)22(27)26-7-5-16(6-8-26)28-21-4-3-15(23)11-18(21)24/h3-4,9-12,16,25H,5-8H2,1-2H3. The van der Waals surface area contributed by atoms with Gasteiger partial charge in [0.1, 0.15) is 17.6 Å². The molecule has 3 aromatic rings. The molecule has 6 heteroatoms. The number of aromatic amines is 1. The van der Waals surface area contributed by atoms with E-state index in [4.69, 9.17) is 4.74 Å². The van der Waals surface area contributed by atoms with Gasteiger partial charge in [-0.3, -0.25) is 4.79 Å². The van der Waals surface area contributed by atoms with Crippen LogP contribution < -0.4 is 4.74 Å². The number of likely N-dealkylation sites (tertiary alicyclic amines) is 1. The lowest BCUT2D eigenvalue weighted by atomic mass is 10.1. The number of H-pyrrole nitrogens is 1. The number of fused-ring (bicyclic) bond motifs is 1. The number of ether oxygens (including phenoxy) is 1. The molecule has 1 N–H and O–H groups in total. The molecule has 0 spiro atoms. The molecule has 1 aromatic heterocycles. The number of halogens is 2. The predicted octanol–water partition coefficient (Wildman–Crippen LogP) is 4.75. The number of amides is 1. The molecule has 1 amide bonds. The van der Waals surface area contributed by atoms with Crippen molar-refractivity contribution < 1.29 is 18.3 Å². The van der Waals surface area contributed by atoms with Crippen LogP contribution in [0.3, 0.4) is 0 Å². The van der Waals surface area contributed by atoms with E-state index < -0.39 is 11.6 Å². The number of carbonyl (C=O) groups is 1. The minimum atomic E-state index is -0.706. The van der Waals surface area contributed by atoms with Gasteiger partial charge in [-0.1, -0.05) is 6.07 Å². The molecule has 1 aliphatic heterocycles. The second-order valence-corrected chi connectivity index (χ2v) is 7.41. The minimum Gasteiger partial charge on any atom is -0.487 e. The number of nitrogens with zero attached hydrogens (tertiary/aromatic N) is 1. The molecule has 0 unspecified atom stereocenters. The Kier molecular flexibility index (Phi) is 4.79. The molecule has 1 saturated heterocycles. The number of aromatic nitrogens is 1. The number of rotatable bonds is 3. The lowest BCUT2D eigenvalue weighted by Crippen LogP contribution is -2.42. The average molecular weight is 384 g/mol. The Balaban J connectivity index is 1.42. The fourth-order valence-electron chi connectivity index (χ4n) is 3.81. The first-order valence-electron chi connectivity index (χ1n) is 9.41. The molecule has 4 rings (SSSR count). The summed E-state index contributed by atoms with van der Waals surface area (Å²) < 4.78 is 32.4. The zero-order valence-corrected chi connectivity index (χ0v) is 15.9. The third-order valence-corrected chi connectivity index (χ3v) is 5.24. The molecule has 0 atom stereocenters. The second kappa shape index (κ2) is 7.26. The van der Waals surface area contributed by atoms with E-state index in [1.807, 2.05) is 26.0 Å². The summed E-state index contributed by atoms with van der Waals surface area (Å²) in [6.07, 6.45) is 0.999. The van der Waals surface area contributed by atoms with Gasteiger partial charge in [-0.2, -0.15) is 0 Å². The van der Waals surface area contributed by atoms with Crippen molar-refractivity contribution in [3.8, 4) is 5.75 Å². The normalized spacial score (nSPS) is 15.2. The van der Waals surface area contributed by atoms with Crippen molar-refractivity contribution in [2.45, 2.75) is 32.8 Å². The second-order valence-electron chi connectivity index (χ2n) is 7.41. The van der Waals surface area contributed by atoms with Crippen molar-refractivity contribution in [2.75, 3.05) is 13.1 Å². The van der Waals surface area contributed by atoms with E-state index in [9.17, 15) is 13.6 Å². The van der Waals surface area contributed by atoms with Gasteiger partial charge in [-0.25, -0.2) is 8.78 Å². The highest BCUT2D eigenvalue weighted by molar-refractivity contribution is 5.99. The van der Waals surface area contributed by atoms with E-state index in [0.717, 1.165) is 28.1 Å². The van der Waals surface area contributed by atoms with Crippen LogP contribution >= 0.6 is 0 Å². The molecular formula is C22H22F2N2O2. The number of hydrogen-bond acceptors (Lipinski definition) is 2. The van der Waals surface area contributed by atoms with E-state index in [2.05, 4.69) is 11.1 Å². The quantitative estimate of drug-likeness (QED) is 0.709. The smallest absolute Gasteiger partial charge is 0.270 e. The summed E-state index contributed by atoms with van der Waals surface area (Å²) in [6, 6.07) is 9.34. The lowest BCUT2D eigenvalue weighted by molar-refractivity contribution is 0.0583. The molecular weight excluding hydrogens is 362 g/mol. The Labute approximate surface area is 162 Å². The zero-order valence-electron chi connectivity index (χ0n) is 15.9. The topological polar surface area (TPSA) is 45.3 Å². The largest absolute Gasteiger partial charge is 0.487 e. The van der Waals surface area contributed by atoms with Crippen LogP contribution in [-0.2, 0) is 0 Å². The Bertz CT molecular complexity index is 1040. The molecule has 0 saturated carbocycles. The average Bonchev–Trinajstić information content (AvgIpc) is 3.08. The highest BCUT2D eigenvalue weighted by Gasteiger charge is 2.26. The Hall–Kier alpha value is -2.89. The Morgan fingerprint density at radius 3 is 2.57 bits per heavy atom. The first kappa shape index (κ1) is 18.5. The summed E-state index contributed by atoms with van der Waals surface area (Å²) in [5, 5.41) is 1.05. The van der Waals surface area contributed by atoms with Crippen LogP contribution in [0.5, 0.6) is 5.75 Å². The number of carbonyl (C=O) groups excluding carboxylic acids is 1. The van der Waals surface area contributed by atoms with Gasteiger partial charge >= 0.3 is 0 Å². The van der Waals surface area contributed by atoms with E-state index in [1.165, 1.54) is 12.1 Å². The molecule has 1 fully saturated rings.